The van der Waals surface area contributed by atoms with E-state index < -0.39 is 0 Å². The Morgan fingerprint density at radius 1 is 1.17 bits per heavy atom. The largest absolute Gasteiger partial charge is 0.0806 e. The van der Waals surface area contributed by atoms with Crippen molar-refractivity contribution in [2.75, 3.05) is 0 Å². The lowest BCUT2D eigenvalue weighted by atomic mass is 9.70. The van der Waals surface area contributed by atoms with Crippen LogP contribution in [-0.4, -0.2) is 0 Å². The Kier molecular flexibility index (Phi) is 5.25. The fourth-order valence-corrected chi connectivity index (χ4v) is 2.87. The molecule has 104 valence electrons. The van der Waals surface area contributed by atoms with Crippen LogP contribution in [-0.2, 0) is 0 Å². The topological polar surface area (TPSA) is 0 Å². The van der Waals surface area contributed by atoms with Crippen molar-refractivity contribution < 1.29 is 0 Å². The van der Waals surface area contributed by atoms with E-state index in [1.54, 1.807) is 5.57 Å². The van der Waals surface area contributed by atoms with Crippen molar-refractivity contribution in [3.8, 4) is 0 Å². The van der Waals surface area contributed by atoms with E-state index in [0.29, 0.717) is 11.3 Å². The summed E-state index contributed by atoms with van der Waals surface area (Å²) in [7, 11) is 0. The third kappa shape index (κ3) is 4.30. The van der Waals surface area contributed by atoms with Gasteiger partial charge in [-0.05, 0) is 47.5 Å². The molecule has 0 aliphatic heterocycles. The summed E-state index contributed by atoms with van der Waals surface area (Å²) in [6.07, 6.45) is 9.88. The third-order valence-corrected chi connectivity index (χ3v) is 4.17. The highest BCUT2D eigenvalue weighted by atomic mass is 14.3. The van der Waals surface area contributed by atoms with Crippen LogP contribution in [0.2, 0.25) is 0 Å². The van der Waals surface area contributed by atoms with Gasteiger partial charge in [0.1, 0.15) is 0 Å². The molecule has 0 nitrogen and oxygen atoms in total. The molecule has 0 spiro atoms. The lowest BCUT2D eigenvalue weighted by Crippen LogP contribution is -2.25. The summed E-state index contributed by atoms with van der Waals surface area (Å²) >= 11 is 0. The van der Waals surface area contributed by atoms with Gasteiger partial charge < -0.3 is 0 Å². The third-order valence-electron chi connectivity index (χ3n) is 4.17. The molecule has 0 heteroatoms. The number of allylic oxidation sites excluding steroid dienone is 4. The van der Waals surface area contributed by atoms with E-state index in [2.05, 4.69) is 66.7 Å². The molecule has 0 aromatic rings. The van der Waals surface area contributed by atoms with E-state index in [-0.39, 0.29) is 0 Å². The van der Waals surface area contributed by atoms with Crippen LogP contribution in [0.3, 0.4) is 0 Å². The quantitative estimate of drug-likeness (QED) is 0.585. The highest BCUT2D eigenvalue weighted by Crippen LogP contribution is 2.39. The Labute approximate surface area is 115 Å². The Balaban J connectivity index is 2.81. The van der Waals surface area contributed by atoms with Crippen molar-refractivity contribution in [2.45, 2.75) is 61.3 Å². The Bertz CT molecular complexity index is 309. The standard InChI is InChI=1S/C18H32/c1-13(2)12-17(18(5,6)7)16-10-8-15(9-11-16)14(3)4/h8,10-11,13-15,17H,9,12H2,1-7H3. The molecule has 18 heavy (non-hydrogen) atoms. The molecular formula is C18H32. The molecule has 0 saturated heterocycles. The first kappa shape index (κ1) is 15.5. The Morgan fingerprint density at radius 2 is 1.78 bits per heavy atom. The number of hydrogen-bond acceptors (Lipinski definition) is 0. The molecule has 1 rings (SSSR count). The molecule has 0 fully saturated rings. The lowest BCUT2D eigenvalue weighted by molar-refractivity contribution is 0.243. The van der Waals surface area contributed by atoms with Gasteiger partial charge in [-0.2, -0.15) is 0 Å². The van der Waals surface area contributed by atoms with E-state index in [9.17, 15) is 0 Å². The zero-order chi connectivity index (χ0) is 13.9. The summed E-state index contributed by atoms with van der Waals surface area (Å²) in [6, 6.07) is 0. The maximum Gasteiger partial charge on any atom is -0.0114 e. The van der Waals surface area contributed by atoms with E-state index in [1.807, 2.05) is 0 Å². The fourth-order valence-electron chi connectivity index (χ4n) is 2.87. The van der Waals surface area contributed by atoms with Crippen molar-refractivity contribution in [2.24, 2.45) is 29.1 Å². The van der Waals surface area contributed by atoms with Crippen molar-refractivity contribution in [1.29, 1.82) is 0 Å². The summed E-state index contributed by atoms with van der Waals surface area (Å²) in [5.41, 5.74) is 1.94. The highest BCUT2D eigenvalue weighted by molar-refractivity contribution is 5.28. The lowest BCUT2D eigenvalue weighted by Gasteiger charge is -2.35. The predicted octanol–water partition coefficient (Wildman–Crippen LogP) is 5.85. The van der Waals surface area contributed by atoms with Crippen LogP contribution >= 0.6 is 0 Å². The van der Waals surface area contributed by atoms with Gasteiger partial charge in [-0.25, -0.2) is 0 Å². The van der Waals surface area contributed by atoms with Crippen molar-refractivity contribution in [3.05, 3.63) is 23.8 Å². The summed E-state index contributed by atoms with van der Waals surface area (Å²) < 4.78 is 0. The van der Waals surface area contributed by atoms with E-state index in [0.717, 1.165) is 17.8 Å². The molecule has 0 aromatic heterocycles. The van der Waals surface area contributed by atoms with Gasteiger partial charge in [-0.3, -0.25) is 0 Å². The zero-order valence-electron chi connectivity index (χ0n) is 13.5. The summed E-state index contributed by atoms with van der Waals surface area (Å²) in [5, 5.41) is 0. The van der Waals surface area contributed by atoms with Gasteiger partial charge in [0.15, 0.2) is 0 Å². The van der Waals surface area contributed by atoms with Gasteiger partial charge in [0.2, 0.25) is 0 Å². The smallest absolute Gasteiger partial charge is 0.0114 e. The average Bonchev–Trinajstić information content (AvgIpc) is 2.24. The Hall–Kier alpha value is -0.520. The molecule has 1 aliphatic rings. The van der Waals surface area contributed by atoms with Crippen LogP contribution in [0.5, 0.6) is 0 Å². The maximum absolute atomic E-state index is 2.50. The number of rotatable bonds is 4. The minimum absolute atomic E-state index is 0.366. The maximum atomic E-state index is 2.50. The van der Waals surface area contributed by atoms with Crippen LogP contribution < -0.4 is 0 Å². The summed E-state index contributed by atoms with van der Waals surface area (Å²) in [6.45, 7) is 16.5. The van der Waals surface area contributed by atoms with Crippen LogP contribution in [0.15, 0.2) is 23.8 Å². The number of hydrogen-bond donors (Lipinski definition) is 0. The average molecular weight is 248 g/mol. The molecule has 0 amide bonds. The van der Waals surface area contributed by atoms with E-state index in [1.165, 1.54) is 12.8 Å². The fraction of sp³-hybridized carbons (Fsp3) is 0.778. The van der Waals surface area contributed by atoms with E-state index >= 15 is 0 Å². The molecule has 0 bridgehead atoms. The van der Waals surface area contributed by atoms with Crippen molar-refractivity contribution >= 4 is 0 Å². The second-order valence-corrected chi connectivity index (χ2v) is 7.75. The molecule has 0 N–H and O–H groups in total. The summed E-state index contributed by atoms with van der Waals surface area (Å²) in [5.74, 6) is 2.97. The van der Waals surface area contributed by atoms with Crippen LogP contribution in [0, 0.1) is 29.1 Å². The van der Waals surface area contributed by atoms with Crippen LogP contribution in [0.4, 0.5) is 0 Å². The SMILES string of the molecule is CC(C)CC(C1=CCC(C(C)C)C=C1)C(C)(C)C. The molecule has 2 atom stereocenters. The molecular weight excluding hydrogens is 216 g/mol. The van der Waals surface area contributed by atoms with Gasteiger partial charge in [-0.15, -0.1) is 0 Å². The summed E-state index contributed by atoms with van der Waals surface area (Å²) in [4.78, 5) is 0. The molecule has 0 saturated carbocycles. The molecule has 0 radical (unpaired) electrons. The van der Waals surface area contributed by atoms with Crippen LogP contribution in [0.25, 0.3) is 0 Å². The van der Waals surface area contributed by atoms with Gasteiger partial charge in [-0.1, -0.05) is 66.7 Å². The Morgan fingerprint density at radius 3 is 2.11 bits per heavy atom. The van der Waals surface area contributed by atoms with E-state index in [4.69, 9.17) is 0 Å². The normalized spacial score (nSPS) is 22.5. The van der Waals surface area contributed by atoms with Gasteiger partial charge >= 0.3 is 0 Å². The molecule has 2 unspecified atom stereocenters. The second kappa shape index (κ2) is 6.08. The molecule has 0 heterocycles. The van der Waals surface area contributed by atoms with Gasteiger partial charge in [0.25, 0.3) is 0 Å². The van der Waals surface area contributed by atoms with Gasteiger partial charge in [0.05, 0.1) is 0 Å². The van der Waals surface area contributed by atoms with Crippen LogP contribution in [0.1, 0.15) is 61.3 Å². The molecule has 0 aromatic carbocycles. The van der Waals surface area contributed by atoms with Crippen molar-refractivity contribution in [3.63, 3.8) is 0 Å². The van der Waals surface area contributed by atoms with Crippen molar-refractivity contribution in [1.82, 2.24) is 0 Å². The second-order valence-electron chi connectivity index (χ2n) is 7.75. The first-order chi connectivity index (χ1) is 8.21. The highest BCUT2D eigenvalue weighted by Gasteiger charge is 2.28. The minimum Gasteiger partial charge on any atom is -0.0806 e. The first-order valence-corrected chi connectivity index (χ1v) is 7.60. The predicted molar refractivity (Wildman–Crippen MR) is 82.6 cm³/mol. The monoisotopic (exact) mass is 248 g/mol. The molecule has 1 aliphatic carbocycles. The van der Waals surface area contributed by atoms with Gasteiger partial charge in [0, 0.05) is 0 Å². The zero-order valence-corrected chi connectivity index (χ0v) is 13.5. The minimum atomic E-state index is 0.366. The first-order valence-electron chi connectivity index (χ1n) is 7.60.